The van der Waals surface area contributed by atoms with E-state index in [9.17, 15) is 4.39 Å². The number of halogens is 2. The van der Waals surface area contributed by atoms with Crippen molar-refractivity contribution in [2.45, 2.75) is 0 Å². The van der Waals surface area contributed by atoms with Crippen molar-refractivity contribution in [2.24, 2.45) is 0 Å². The number of benzene rings is 1. The lowest BCUT2D eigenvalue weighted by molar-refractivity contribution is 0.630. The highest BCUT2D eigenvalue weighted by atomic mass is 79.9. The Kier molecular flexibility index (Phi) is 3.22. The second-order valence-electron chi connectivity index (χ2n) is 4.74. The number of aromatic nitrogens is 2. The van der Waals surface area contributed by atoms with E-state index in [4.69, 9.17) is 0 Å². The van der Waals surface area contributed by atoms with Gasteiger partial charge in [0.15, 0.2) is 0 Å². The zero-order valence-corrected chi connectivity index (χ0v) is 12.7. The summed E-state index contributed by atoms with van der Waals surface area (Å²) in [6.07, 6.45) is 1.91. The molecule has 0 fully saturated rings. The molecule has 0 atom stereocenters. The van der Waals surface area contributed by atoms with Crippen LogP contribution in [0.25, 0.3) is 16.9 Å². The smallest absolute Gasteiger partial charge is 0.148 e. The Labute approximate surface area is 124 Å². The molecule has 102 valence electrons. The van der Waals surface area contributed by atoms with Gasteiger partial charge < -0.3 is 4.90 Å². The van der Waals surface area contributed by atoms with Gasteiger partial charge in [0, 0.05) is 26.0 Å². The molecule has 3 nitrogen and oxygen atoms in total. The molecular formula is C15H13BrFN3. The summed E-state index contributed by atoms with van der Waals surface area (Å²) in [5, 5.41) is 0. The molecule has 3 rings (SSSR count). The Morgan fingerprint density at radius 2 is 1.95 bits per heavy atom. The zero-order valence-electron chi connectivity index (χ0n) is 11.1. The van der Waals surface area contributed by atoms with Crippen molar-refractivity contribution in [3.05, 3.63) is 53.0 Å². The maximum atomic E-state index is 13.9. The van der Waals surface area contributed by atoms with Gasteiger partial charge in [0.2, 0.25) is 0 Å². The third kappa shape index (κ3) is 2.08. The monoisotopic (exact) mass is 333 g/mol. The molecule has 3 aromatic rings. The highest BCUT2D eigenvalue weighted by Gasteiger charge is 2.14. The fraction of sp³-hybridized carbons (Fsp3) is 0.133. The van der Waals surface area contributed by atoms with Crippen LogP contribution in [-0.2, 0) is 0 Å². The molecule has 0 unspecified atom stereocenters. The molecular weight excluding hydrogens is 321 g/mol. The number of imidazole rings is 1. The third-order valence-electron chi connectivity index (χ3n) is 3.21. The number of rotatable bonds is 2. The lowest BCUT2D eigenvalue weighted by atomic mass is 10.2. The average Bonchev–Trinajstić information content (AvgIpc) is 2.76. The maximum absolute atomic E-state index is 13.9. The molecule has 0 aliphatic rings. The first-order valence-electron chi connectivity index (χ1n) is 6.18. The Morgan fingerprint density at radius 1 is 1.20 bits per heavy atom. The van der Waals surface area contributed by atoms with Crippen molar-refractivity contribution >= 4 is 27.1 Å². The van der Waals surface area contributed by atoms with Crippen LogP contribution in [0.5, 0.6) is 0 Å². The quantitative estimate of drug-likeness (QED) is 0.707. The summed E-state index contributed by atoms with van der Waals surface area (Å²) in [5.74, 6) is 0.318. The van der Waals surface area contributed by atoms with Crippen LogP contribution in [0, 0.1) is 5.82 Å². The van der Waals surface area contributed by atoms with Gasteiger partial charge in [-0.15, -0.1) is 0 Å². The van der Waals surface area contributed by atoms with E-state index in [1.165, 1.54) is 6.07 Å². The minimum atomic E-state index is -0.274. The van der Waals surface area contributed by atoms with Crippen molar-refractivity contribution < 1.29 is 4.39 Å². The highest BCUT2D eigenvalue weighted by molar-refractivity contribution is 9.10. The molecule has 0 spiro atoms. The van der Waals surface area contributed by atoms with Gasteiger partial charge in [-0.05, 0) is 40.2 Å². The van der Waals surface area contributed by atoms with Crippen LogP contribution in [0.1, 0.15) is 0 Å². The van der Waals surface area contributed by atoms with E-state index in [1.54, 1.807) is 12.1 Å². The summed E-state index contributed by atoms with van der Waals surface area (Å²) in [7, 11) is 3.96. The van der Waals surface area contributed by atoms with Crippen LogP contribution in [0.4, 0.5) is 10.1 Å². The van der Waals surface area contributed by atoms with Crippen molar-refractivity contribution in [1.29, 1.82) is 0 Å². The van der Waals surface area contributed by atoms with Gasteiger partial charge in [0.1, 0.15) is 16.2 Å². The molecule has 0 saturated heterocycles. The molecule has 0 aliphatic heterocycles. The van der Waals surface area contributed by atoms with Crippen molar-refractivity contribution in [3.63, 3.8) is 0 Å². The van der Waals surface area contributed by atoms with Crippen molar-refractivity contribution in [3.8, 4) is 11.4 Å². The average molecular weight is 334 g/mol. The fourth-order valence-electron chi connectivity index (χ4n) is 2.15. The van der Waals surface area contributed by atoms with Gasteiger partial charge in [0.05, 0.1) is 11.1 Å². The Hall–Kier alpha value is -1.88. The number of hydrogen-bond acceptors (Lipinski definition) is 2. The summed E-state index contributed by atoms with van der Waals surface area (Å²) in [6, 6.07) is 10.7. The van der Waals surface area contributed by atoms with E-state index >= 15 is 0 Å². The van der Waals surface area contributed by atoms with E-state index in [0.29, 0.717) is 16.0 Å². The summed E-state index contributed by atoms with van der Waals surface area (Å²) in [5.41, 5.74) is 2.47. The van der Waals surface area contributed by atoms with Crippen LogP contribution in [-0.4, -0.2) is 23.5 Å². The van der Waals surface area contributed by atoms with Crippen LogP contribution >= 0.6 is 15.9 Å². The molecule has 0 saturated carbocycles. The van der Waals surface area contributed by atoms with Crippen LogP contribution in [0.2, 0.25) is 0 Å². The molecule has 0 N–H and O–H groups in total. The molecule has 0 radical (unpaired) electrons. The van der Waals surface area contributed by atoms with Gasteiger partial charge >= 0.3 is 0 Å². The Bertz CT molecular complexity index is 780. The predicted octanol–water partition coefficient (Wildman–Crippen LogP) is 3.97. The van der Waals surface area contributed by atoms with Gasteiger partial charge in [-0.3, -0.25) is 4.40 Å². The standard InChI is InChI=1S/C15H13BrFN3/c1-19(2)10-7-8-20-13(9-10)14(16)18-15(20)11-5-3-4-6-12(11)17/h3-9H,1-2H3. The summed E-state index contributed by atoms with van der Waals surface area (Å²) >= 11 is 3.45. The van der Waals surface area contributed by atoms with Gasteiger partial charge in [-0.25, -0.2) is 9.37 Å². The number of fused-ring (bicyclic) bond motifs is 1. The highest BCUT2D eigenvalue weighted by Crippen LogP contribution is 2.29. The lowest BCUT2D eigenvalue weighted by Crippen LogP contribution is -2.08. The van der Waals surface area contributed by atoms with E-state index in [-0.39, 0.29) is 5.82 Å². The fourth-order valence-corrected chi connectivity index (χ4v) is 2.62. The molecule has 1 aromatic carbocycles. The van der Waals surface area contributed by atoms with E-state index in [1.807, 2.05) is 47.8 Å². The molecule has 0 amide bonds. The van der Waals surface area contributed by atoms with Crippen LogP contribution < -0.4 is 4.90 Å². The lowest BCUT2D eigenvalue weighted by Gasteiger charge is -2.12. The normalized spacial score (nSPS) is 11.0. The van der Waals surface area contributed by atoms with Crippen molar-refractivity contribution in [2.75, 3.05) is 19.0 Å². The zero-order chi connectivity index (χ0) is 14.3. The molecule has 0 aliphatic carbocycles. The van der Waals surface area contributed by atoms with Crippen LogP contribution in [0.3, 0.4) is 0 Å². The number of nitrogens with zero attached hydrogens (tertiary/aromatic N) is 3. The Morgan fingerprint density at radius 3 is 2.65 bits per heavy atom. The maximum Gasteiger partial charge on any atom is 0.148 e. The molecule has 0 bridgehead atoms. The van der Waals surface area contributed by atoms with Crippen LogP contribution in [0.15, 0.2) is 47.2 Å². The first kappa shape index (κ1) is 13.1. The third-order valence-corrected chi connectivity index (χ3v) is 3.80. The van der Waals surface area contributed by atoms with E-state index < -0.39 is 0 Å². The minimum absolute atomic E-state index is 0.274. The van der Waals surface area contributed by atoms with Crippen molar-refractivity contribution in [1.82, 2.24) is 9.38 Å². The number of anilines is 1. The Balaban J connectivity index is 2.26. The summed E-state index contributed by atoms with van der Waals surface area (Å²) < 4.78 is 16.5. The van der Waals surface area contributed by atoms with Gasteiger partial charge in [-0.2, -0.15) is 0 Å². The van der Waals surface area contributed by atoms with Gasteiger partial charge in [0.25, 0.3) is 0 Å². The summed E-state index contributed by atoms with van der Waals surface area (Å²) in [6.45, 7) is 0. The van der Waals surface area contributed by atoms with E-state index in [0.717, 1.165) is 11.2 Å². The van der Waals surface area contributed by atoms with E-state index in [2.05, 4.69) is 20.9 Å². The minimum Gasteiger partial charge on any atom is -0.378 e. The predicted molar refractivity (Wildman–Crippen MR) is 82.6 cm³/mol. The molecule has 2 heterocycles. The topological polar surface area (TPSA) is 20.5 Å². The van der Waals surface area contributed by atoms with Gasteiger partial charge in [-0.1, -0.05) is 12.1 Å². The number of hydrogen-bond donors (Lipinski definition) is 0. The first-order chi connectivity index (χ1) is 9.58. The molecule has 5 heteroatoms. The number of pyridine rings is 1. The molecule has 20 heavy (non-hydrogen) atoms. The second-order valence-corrected chi connectivity index (χ2v) is 5.49. The largest absolute Gasteiger partial charge is 0.378 e. The second kappa shape index (κ2) is 4.90. The SMILES string of the molecule is CN(C)c1ccn2c(-c3ccccc3F)nc(Br)c2c1. The first-order valence-corrected chi connectivity index (χ1v) is 6.97. The summed E-state index contributed by atoms with van der Waals surface area (Å²) in [4.78, 5) is 6.46. The molecule has 2 aromatic heterocycles.